The Morgan fingerprint density at radius 1 is 1.31 bits per heavy atom. The average Bonchev–Trinajstić information content (AvgIpc) is 2.71. The van der Waals surface area contributed by atoms with Crippen LogP contribution in [0.5, 0.6) is 11.5 Å². The van der Waals surface area contributed by atoms with E-state index < -0.39 is 6.04 Å². The van der Waals surface area contributed by atoms with Crippen LogP contribution in [0.4, 0.5) is 0 Å². The van der Waals surface area contributed by atoms with E-state index >= 15 is 0 Å². The van der Waals surface area contributed by atoms with Crippen molar-refractivity contribution in [2.75, 3.05) is 13.7 Å². The summed E-state index contributed by atoms with van der Waals surface area (Å²) >= 11 is 11.8. The molecule has 2 aromatic rings. The minimum atomic E-state index is -0.566. The number of Topliss-reactive ketones (excluding diaryl/α,β-unsaturated/α-hetero) is 1. The molecule has 1 aliphatic heterocycles. The van der Waals surface area contributed by atoms with Crippen LogP contribution in [-0.2, 0) is 4.79 Å². The zero-order valence-corrected chi connectivity index (χ0v) is 17.7. The maximum atomic E-state index is 12.7. The van der Waals surface area contributed by atoms with Crippen molar-refractivity contribution in [2.45, 2.75) is 13.0 Å². The summed E-state index contributed by atoms with van der Waals surface area (Å²) in [6.07, 6.45) is 1.63. The number of benzene rings is 2. The molecule has 3 rings (SSSR count). The van der Waals surface area contributed by atoms with E-state index in [1.54, 1.807) is 18.2 Å². The SMILES string of the molecule is C=CCOc1c(OC)cc(Cl)cc1C1NC(=S)NC(c2ccccc2)=C1C(C)=O. The summed E-state index contributed by atoms with van der Waals surface area (Å²) < 4.78 is 11.3. The van der Waals surface area contributed by atoms with Gasteiger partial charge in [-0.25, -0.2) is 0 Å². The number of halogens is 1. The fraction of sp³-hybridized carbons (Fsp3) is 0.182. The third kappa shape index (κ3) is 4.44. The van der Waals surface area contributed by atoms with Gasteiger partial charge in [0, 0.05) is 22.2 Å². The number of thiocarbonyl (C=S) groups is 1. The molecule has 0 radical (unpaired) electrons. The summed E-state index contributed by atoms with van der Waals surface area (Å²) in [5, 5.41) is 7.16. The summed E-state index contributed by atoms with van der Waals surface area (Å²) in [5.41, 5.74) is 2.69. The summed E-state index contributed by atoms with van der Waals surface area (Å²) in [4.78, 5) is 12.7. The number of carbonyl (C=O) groups is 1. The summed E-state index contributed by atoms with van der Waals surface area (Å²) in [5.74, 6) is 0.833. The van der Waals surface area contributed by atoms with Gasteiger partial charge in [0.1, 0.15) is 6.61 Å². The van der Waals surface area contributed by atoms with Crippen molar-refractivity contribution in [1.29, 1.82) is 0 Å². The van der Waals surface area contributed by atoms with Gasteiger partial charge in [-0.2, -0.15) is 0 Å². The monoisotopic (exact) mass is 428 g/mol. The fourth-order valence-electron chi connectivity index (χ4n) is 3.26. The quantitative estimate of drug-likeness (QED) is 0.502. The normalized spacial score (nSPS) is 16.0. The van der Waals surface area contributed by atoms with Crippen molar-refractivity contribution in [3.63, 3.8) is 0 Å². The Kier molecular flexibility index (Phi) is 6.56. The summed E-state index contributed by atoms with van der Waals surface area (Å²) in [6, 6.07) is 12.4. The lowest BCUT2D eigenvalue weighted by atomic mass is 9.90. The maximum Gasteiger partial charge on any atom is 0.171 e. The van der Waals surface area contributed by atoms with Crippen LogP contribution in [0.2, 0.25) is 5.02 Å². The van der Waals surface area contributed by atoms with Gasteiger partial charge < -0.3 is 20.1 Å². The van der Waals surface area contributed by atoms with Crippen LogP contribution >= 0.6 is 23.8 Å². The minimum absolute atomic E-state index is 0.107. The predicted octanol–water partition coefficient (Wildman–Crippen LogP) is 4.43. The molecule has 2 N–H and O–H groups in total. The lowest BCUT2D eigenvalue weighted by Gasteiger charge is -2.32. The van der Waals surface area contributed by atoms with Crippen LogP contribution in [0.25, 0.3) is 5.70 Å². The predicted molar refractivity (Wildman–Crippen MR) is 119 cm³/mol. The number of ketones is 1. The van der Waals surface area contributed by atoms with E-state index in [4.69, 9.17) is 33.3 Å². The van der Waals surface area contributed by atoms with Crippen LogP contribution in [0.1, 0.15) is 24.1 Å². The third-order valence-corrected chi connectivity index (χ3v) is 4.88. The van der Waals surface area contributed by atoms with Gasteiger partial charge in [0.2, 0.25) is 0 Å². The molecule has 0 saturated heterocycles. The summed E-state index contributed by atoms with van der Waals surface area (Å²) in [7, 11) is 1.54. The Morgan fingerprint density at radius 2 is 2.03 bits per heavy atom. The molecule has 0 fully saturated rings. The van der Waals surface area contributed by atoms with Gasteiger partial charge in [-0.3, -0.25) is 4.79 Å². The summed E-state index contributed by atoms with van der Waals surface area (Å²) in [6.45, 7) is 5.49. The second-order valence-electron chi connectivity index (χ2n) is 6.37. The Hall–Kier alpha value is -2.83. The number of ether oxygens (including phenoxy) is 2. The standard InChI is InChI=1S/C22H21ClN2O3S/c1-4-10-28-21-16(11-15(23)12-17(21)27-3)20-18(13(2)26)19(24-22(29)25-20)14-8-6-5-7-9-14/h4-9,11-12,20H,1,10H2,2-3H3,(H2,24,25,29). The molecular weight excluding hydrogens is 408 g/mol. The van der Waals surface area contributed by atoms with E-state index in [9.17, 15) is 4.79 Å². The van der Waals surface area contributed by atoms with E-state index in [1.165, 1.54) is 14.0 Å². The topological polar surface area (TPSA) is 59.6 Å². The van der Waals surface area contributed by atoms with Gasteiger partial charge >= 0.3 is 0 Å². The zero-order valence-electron chi connectivity index (χ0n) is 16.1. The van der Waals surface area contributed by atoms with E-state index in [2.05, 4.69) is 17.2 Å². The van der Waals surface area contributed by atoms with Crippen LogP contribution in [0.3, 0.4) is 0 Å². The Balaban J connectivity index is 2.25. The number of nitrogens with one attached hydrogen (secondary N) is 2. The molecule has 1 unspecified atom stereocenters. The van der Waals surface area contributed by atoms with Crippen molar-refractivity contribution >= 4 is 40.4 Å². The van der Waals surface area contributed by atoms with Crippen LogP contribution in [0.15, 0.2) is 60.7 Å². The molecule has 0 saturated carbocycles. The highest BCUT2D eigenvalue weighted by Gasteiger charge is 2.33. The van der Waals surface area contributed by atoms with Crippen molar-refractivity contribution in [3.05, 3.63) is 76.8 Å². The molecular formula is C22H21ClN2O3S. The Labute approximate surface area is 180 Å². The van der Waals surface area contributed by atoms with Crippen LogP contribution in [0, 0.1) is 0 Å². The molecule has 5 nitrogen and oxygen atoms in total. The third-order valence-electron chi connectivity index (χ3n) is 4.44. The highest BCUT2D eigenvalue weighted by molar-refractivity contribution is 7.80. The highest BCUT2D eigenvalue weighted by atomic mass is 35.5. The van der Waals surface area contributed by atoms with E-state index in [1.807, 2.05) is 30.3 Å². The second kappa shape index (κ2) is 9.11. The number of hydrogen-bond acceptors (Lipinski definition) is 4. The van der Waals surface area contributed by atoms with Gasteiger partial charge in [-0.05, 0) is 30.8 Å². The first-order chi connectivity index (χ1) is 14.0. The Bertz CT molecular complexity index is 989. The van der Waals surface area contributed by atoms with E-state index in [0.717, 1.165) is 5.56 Å². The average molecular weight is 429 g/mol. The zero-order chi connectivity index (χ0) is 21.0. The Morgan fingerprint density at radius 3 is 2.66 bits per heavy atom. The van der Waals surface area contributed by atoms with Gasteiger partial charge in [0.05, 0.1) is 18.8 Å². The molecule has 150 valence electrons. The van der Waals surface area contributed by atoms with Gasteiger partial charge in [0.15, 0.2) is 22.4 Å². The first kappa shape index (κ1) is 20.9. The first-order valence-electron chi connectivity index (χ1n) is 8.95. The van der Waals surface area contributed by atoms with Gasteiger partial charge in [0.25, 0.3) is 0 Å². The maximum absolute atomic E-state index is 12.7. The minimum Gasteiger partial charge on any atom is -0.493 e. The highest BCUT2D eigenvalue weighted by Crippen LogP contribution is 2.42. The first-order valence-corrected chi connectivity index (χ1v) is 9.74. The molecule has 0 aliphatic carbocycles. The molecule has 0 spiro atoms. The van der Waals surface area contributed by atoms with Crippen LogP contribution in [-0.4, -0.2) is 24.6 Å². The molecule has 0 amide bonds. The van der Waals surface area contributed by atoms with Crippen molar-refractivity contribution in [1.82, 2.24) is 10.6 Å². The molecule has 1 atom stereocenters. The molecule has 0 bridgehead atoms. The lowest BCUT2D eigenvalue weighted by molar-refractivity contribution is -0.113. The smallest absolute Gasteiger partial charge is 0.171 e. The van der Waals surface area contributed by atoms with Crippen molar-refractivity contribution < 1.29 is 14.3 Å². The number of carbonyl (C=O) groups excluding carboxylic acids is 1. The lowest BCUT2D eigenvalue weighted by Crippen LogP contribution is -2.44. The second-order valence-corrected chi connectivity index (χ2v) is 7.21. The molecule has 2 aromatic carbocycles. The van der Waals surface area contributed by atoms with Gasteiger partial charge in [-0.1, -0.05) is 54.6 Å². The van der Waals surface area contributed by atoms with Crippen LogP contribution < -0.4 is 20.1 Å². The van der Waals surface area contributed by atoms with Gasteiger partial charge in [-0.15, -0.1) is 0 Å². The fourth-order valence-corrected chi connectivity index (χ4v) is 3.70. The molecule has 1 heterocycles. The largest absolute Gasteiger partial charge is 0.493 e. The molecule has 29 heavy (non-hydrogen) atoms. The molecule has 0 aromatic heterocycles. The number of rotatable bonds is 7. The van der Waals surface area contributed by atoms with E-state index in [0.29, 0.717) is 38.5 Å². The number of hydrogen-bond donors (Lipinski definition) is 2. The number of methoxy groups -OCH3 is 1. The van der Waals surface area contributed by atoms with Crippen molar-refractivity contribution in [2.24, 2.45) is 0 Å². The van der Waals surface area contributed by atoms with E-state index in [-0.39, 0.29) is 12.4 Å². The molecule has 7 heteroatoms. The van der Waals surface area contributed by atoms with Crippen molar-refractivity contribution in [3.8, 4) is 11.5 Å². The molecule has 1 aliphatic rings.